The zero-order valence-corrected chi connectivity index (χ0v) is 20.0. The third-order valence-electron chi connectivity index (χ3n) is 6.66. The summed E-state index contributed by atoms with van der Waals surface area (Å²) < 4.78 is 0. The smallest absolute Gasteiger partial charge is 0.258 e. The Hall–Kier alpha value is -3.67. The lowest BCUT2D eigenvalue weighted by Gasteiger charge is -2.31. The Morgan fingerprint density at radius 3 is 2.47 bits per heavy atom. The highest BCUT2D eigenvalue weighted by molar-refractivity contribution is 6.25. The van der Waals surface area contributed by atoms with Crippen molar-refractivity contribution in [1.29, 1.82) is 0 Å². The van der Waals surface area contributed by atoms with Gasteiger partial charge in [0.1, 0.15) is 6.04 Å². The van der Waals surface area contributed by atoms with Crippen LogP contribution in [0.25, 0.3) is 10.8 Å². The van der Waals surface area contributed by atoms with Crippen LogP contribution in [0.5, 0.6) is 0 Å². The Bertz CT molecular complexity index is 1230. The van der Waals surface area contributed by atoms with Crippen LogP contribution in [0.1, 0.15) is 47.7 Å². The lowest BCUT2D eigenvalue weighted by molar-refractivity contribution is -0.141. The molecule has 0 unspecified atom stereocenters. The van der Waals surface area contributed by atoms with Crippen molar-refractivity contribution in [3.63, 3.8) is 0 Å². The Kier molecular flexibility index (Phi) is 6.96. The summed E-state index contributed by atoms with van der Waals surface area (Å²) in [6.07, 6.45) is 1.30. The van der Waals surface area contributed by atoms with E-state index in [-0.39, 0.29) is 24.1 Å². The van der Waals surface area contributed by atoms with E-state index in [1.807, 2.05) is 74.5 Å². The summed E-state index contributed by atoms with van der Waals surface area (Å²) in [5, 5.41) is 4.72. The van der Waals surface area contributed by atoms with Gasteiger partial charge in [0.05, 0.1) is 5.69 Å². The Balaban J connectivity index is 1.49. The molecular weight excluding hydrogens is 426 g/mol. The molecular formula is C28H31N3O3. The first-order valence-electron chi connectivity index (χ1n) is 11.9. The number of amides is 3. The van der Waals surface area contributed by atoms with Gasteiger partial charge >= 0.3 is 0 Å². The lowest BCUT2D eigenvalue weighted by Crippen LogP contribution is -2.48. The van der Waals surface area contributed by atoms with Gasteiger partial charge in [0.25, 0.3) is 5.91 Å². The van der Waals surface area contributed by atoms with E-state index in [0.29, 0.717) is 31.5 Å². The summed E-state index contributed by atoms with van der Waals surface area (Å²) in [5.74, 6) is -0.268. The fourth-order valence-corrected chi connectivity index (χ4v) is 4.79. The van der Waals surface area contributed by atoms with Crippen LogP contribution in [-0.4, -0.2) is 42.3 Å². The summed E-state index contributed by atoms with van der Waals surface area (Å²) >= 11 is 0. The van der Waals surface area contributed by atoms with Crippen LogP contribution in [-0.2, 0) is 16.1 Å². The Labute approximate surface area is 200 Å². The first-order chi connectivity index (χ1) is 16.5. The third kappa shape index (κ3) is 4.40. The average Bonchev–Trinajstić information content (AvgIpc) is 3.12. The molecule has 0 bridgehead atoms. The van der Waals surface area contributed by atoms with Crippen molar-refractivity contribution in [1.82, 2.24) is 10.2 Å². The van der Waals surface area contributed by atoms with Crippen molar-refractivity contribution in [2.45, 2.75) is 45.7 Å². The van der Waals surface area contributed by atoms with Gasteiger partial charge < -0.3 is 15.1 Å². The maximum absolute atomic E-state index is 13.4. The standard InChI is InChI=1S/C28H31N3O3/c1-4-23(27(33)29-3)31(18-21-11-6-5-10-19(21)2)25(32)16-9-17-30-24-15-8-13-20-12-7-14-22(26(20)24)28(30)34/h5-8,10-15,23H,4,9,16-18H2,1-3H3,(H,29,33)/t23-/m1/s1. The number of hydrogen-bond acceptors (Lipinski definition) is 3. The molecule has 1 N–H and O–H groups in total. The second-order valence-electron chi connectivity index (χ2n) is 8.73. The van der Waals surface area contributed by atoms with Gasteiger partial charge in [0.15, 0.2) is 0 Å². The normalized spacial score (nSPS) is 13.3. The number of nitrogens with one attached hydrogen (secondary N) is 1. The molecule has 0 aromatic heterocycles. The van der Waals surface area contributed by atoms with E-state index < -0.39 is 6.04 Å². The minimum Gasteiger partial charge on any atom is -0.357 e. The van der Waals surface area contributed by atoms with E-state index in [1.54, 1.807) is 16.8 Å². The molecule has 0 saturated carbocycles. The van der Waals surface area contributed by atoms with Crippen molar-refractivity contribution in [3.8, 4) is 0 Å². The second-order valence-corrected chi connectivity index (χ2v) is 8.73. The van der Waals surface area contributed by atoms with Gasteiger partial charge in [-0.25, -0.2) is 0 Å². The van der Waals surface area contributed by atoms with Gasteiger partial charge in [-0.15, -0.1) is 0 Å². The zero-order valence-electron chi connectivity index (χ0n) is 20.0. The highest BCUT2D eigenvalue weighted by Crippen LogP contribution is 2.37. The molecule has 0 aliphatic carbocycles. The number of anilines is 1. The first-order valence-corrected chi connectivity index (χ1v) is 11.9. The molecule has 3 aromatic carbocycles. The van der Waals surface area contributed by atoms with Gasteiger partial charge in [-0.3, -0.25) is 14.4 Å². The summed E-state index contributed by atoms with van der Waals surface area (Å²) in [7, 11) is 1.60. The highest BCUT2D eigenvalue weighted by Gasteiger charge is 2.31. The van der Waals surface area contributed by atoms with Crippen LogP contribution in [0.2, 0.25) is 0 Å². The van der Waals surface area contributed by atoms with Crippen LogP contribution in [0, 0.1) is 6.92 Å². The Morgan fingerprint density at radius 1 is 1.03 bits per heavy atom. The van der Waals surface area contributed by atoms with Gasteiger partial charge in [-0.2, -0.15) is 0 Å². The molecule has 1 heterocycles. The number of benzene rings is 3. The number of aryl methyl sites for hydroxylation is 1. The van der Waals surface area contributed by atoms with Gasteiger partial charge in [0.2, 0.25) is 11.8 Å². The maximum Gasteiger partial charge on any atom is 0.258 e. The molecule has 0 saturated heterocycles. The third-order valence-corrected chi connectivity index (χ3v) is 6.66. The lowest BCUT2D eigenvalue weighted by atomic mass is 10.1. The topological polar surface area (TPSA) is 69.7 Å². The second kappa shape index (κ2) is 10.1. The molecule has 3 aromatic rings. The first kappa shape index (κ1) is 23.5. The highest BCUT2D eigenvalue weighted by atomic mass is 16.2. The average molecular weight is 458 g/mol. The minimum absolute atomic E-state index is 0.0205. The van der Waals surface area contributed by atoms with E-state index in [9.17, 15) is 14.4 Å². The van der Waals surface area contributed by atoms with E-state index in [4.69, 9.17) is 0 Å². The van der Waals surface area contributed by atoms with Crippen LogP contribution in [0.4, 0.5) is 5.69 Å². The van der Waals surface area contributed by atoms with Crippen molar-refractivity contribution < 1.29 is 14.4 Å². The van der Waals surface area contributed by atoms with Gasteiger partial charge in [0, 0.05) is 37.5 Å². The predicted molar refractivity (Wildman–Crippen MR) is 135 cm³/mol. The molecule has 3 amide bonds. The molecule has 1 aliphatic rings. The summed E-state index contributed by atoms with van der Waals surface area (Å²) in [5.41, 5.74) is 3.72. The van der Waals surface area contributed by atoms with E-state index >= 15 is 0 Å². The maximum atomic E-state index is 13.4. The van der Waals surface area contributed by atoms with Crippen LogP contribution in [0.3, 0.4) is 0 Å². The van der Waals surface area contributed by atoms with Crippen LogP contribution in [0.15, 0.2) is 60.7 Å². The summed E-state index contributed by atoms with van der Waals surface area (Å²) in [6, 6.07) is 19.1. The van der Waals surface area contributed by atoms with Gasteiger partial charge in [-0.05, 0) is 48.4 Å². The largest absolute Gasteiger partial charge is 0.357 e. The molecule has 1 aliphatic heterocycles. The number of nitrogens with zero attached hydrogens (tertiary/aromatic N) is 2. The molecule has 6 heteroatoms. The number of carbonyl (C=O) groups excluding carboxylic acids is 3. The van der Waals surface area contributed by atoms with Crippen LogP contribution >= 0.6 is 0 Å². The van der Waals surface area contributed by atoms with Crippen molar-refractivity contribution in [2.24, 2.45) is 0 Å². The minimum atomic E-state index is -0.538. The number of carbonyl (C=O) groups is 3. The monoisotopic (exact) mass is 457 g/mol. The number of likely N-dealkylation sites (N-methyl/N-ethyl adjacent to an activating group) is 1. The number of rotatable bonds is 9. The van der Waals surface area contributed by atoms with Crippen molar-refractivity contribution >= 4 is 34.2 Å². The zero-order chi connectivity index (χ0) is 24.2. The van der Waals surface area contributed by atoms with E-state index in [1.165, 1.54) is 0 Å². The molecule has 0 radical (unpaired) electrons. The fraction of sp³-hybridized carbons (Fsp3) is 0.321. The molecule has 34 heavy (non-hydrogen) atoms. The molecule has 1 atom stereocenters. The Morgan fingerprint density at radius 2 is 1.76 bits per heavy atom. The molecule has 176 valence electrons. The molecule has 6 nitrogen and oxygen atoms in total. The van der Waals surface area contributed by atoms with E-state index in [2.05, 4.69) is 5.32 Å². The number of hydrogen-bond donors (Lipinski definition) is 1. The molecule has 4 rings (SSSR count). The van der Waals surface area contributed by atoms with Crippen LogP contribution < -0.4 is 10.2 Å². The summed E-state index contributed by atoms with van der Waals surface area (Å²) in [4.78, 5) is 42.4. The van der Waals surface area contributed by atoms with E-state index in [0.717, 1.165) is 27.6 Å². The van der Waals surface area contributed by atoms with Gasteiger partial charge in [-0.1, -0.05) is 55.5 Å². The quantitative estimate of drug-likeness (QED) is 0.516. The predicted octanol–water partition coefficient (Wildman–Crippen LogP) is 4.44. The fourth-order valence-electron chi connectivity index (χ4n) is 4.79. The molecule has 0 fully saturated rings. The van der Waals surface area contributed by atoms with Crippen molar-refractivity contribution in [3.05, 3.63) is 77.4 Å². The summed E-state index contributed by atoms with van der Waals surface area (Å²) in [6.45, 7) is 4.76. The van der Waals surface area contributed by atoms with Crippen molar-refractivity contribution in [2.75, 3.05) is 18.5 Å². The SMILES string of the molecule is CC[C@H](C(=O)NC)N(Cc1ccccc1C)C(=O)CCCN1C(=O)c2cccc3cccc1c23. The molecule has 0 spiro atoms.